The predicted octanol–water partition coefficient (Wildman–Crippen LogP) is -0.452. The molecule has 2 aliphatic rings. The van der Waals surface area contributed by atoms with Crippen molar-refractivity contribution in [3.8, 4) is 0 Å². The van der Waals surface area contributed by atoms with Crippen molar-refractivity contribution >= 4 is 24.4 Å². The SMILES string of the molecule is CC1(C(=O)OCCOC(=O)C2(C)CC=NN2)CC=NN1. The van der Waals surface area contributed by atoms with Crippen LogP contribution >= 0.6 is 0 Å². The summed E-state index contributed by atoms with van der Waals surface area (Å²) in [4.78, 5) is 23.6. The van der Waals surface area contributed by atoms with Gasteiger partial charge in [-0.15, -0.1) is 0 Å². The van der Waals surface area contributed by atoms with Crippen LogP contribution < -0.4 is 10.9 Å². The van der Waals surface area contributed by atoms with Gasteiger partial charge in [-0.2, -0.15) is 10.2 Å². The zero-order chi connectivity index (χ0) is 14.6. The van der Waals surface area contributed by atoms with E-state index >= 15 is 0 Å². The van der Waals surface area contributed by atoms with Crippen LogP contribution in [0.1, 0.15) is 26.7 Å². The Bertz CT molecular complexity index is 402. The molecule has 20 heavy (non-hydrogen) atoms. The molecular weight excluding hydrogens is 264 g/mol. The summed E-state index contributed by atoms with van der Waals surface area (Å²) < 4.78 is 10.1. The van der Waals surface area contributed by atoms with Gasteiger partial charge in [-0.1, -0.05) is 0 Å². The number of hydrazone groups is 2. The monoisotopic (exact) mass is 282 g/mol. The van der Waals surface area contributed by atoms with Crippen molar-refractivity contribution in [3.63, 3.8) is 0 Å². The summed E-state index contributed by atoms with van der Waals surface area (Å²) in [6, 6.07) is 0. The number of hydrogen-bond acceptors (Lipinski definition) is 8. The highest BCUT2D eigenvalue weighted by Gasteiger charge is 2.38. The second-order valence-corrected chi connectivity index (χ2v) is 5.19. The van der Waals surface area contributed by atoms with E-state index in [4.69, 9.17) is 9.47 Å². The molecule has 2 heterocycles. The van der Waals surface area contributed by atoms with Gasteiger partial charge < -0.3 is 9.47 Å². The molecule has 0 spiro atoms. The van der Waals surface area contributed by atoms with Gasteiger partial charge in [0.15, 0.2) is 11.1 Å². The van der Waals surface area contributed by atoms with Crippen LogP contribution in [0.3, 0.4) is 0 Å². The molecule has 0 saturated carbocycles. The van der Waals surface area contributed by atoms with Crippen molar-refractivity contribution in [2.24, 2.45) is 10.2 Å². The van der Waals surface area contributed by atoms with Crippen molar-refractivity contribution in [2.45, 2.75) is 37.8 Å². The van der Waals surface area contributed by atoms with Crippen molar-refractivity contribution in [2.75, 3.05) is 13.2 Å². The molecule has 0 aromatic carbocycles. The lowest BCUT2D eigenvalue weighted by Crippen LogP contribution is -2.46. The minimum atomic E-state index is -0.823. The van der Waals surface area contributed by atoms with Crippen LogP contribution in [0.15, 0.2) is 10.2 Å². The van der Waals surface area contributed by atoms with E-state index in [1.165, 1.54) is 0 Å². The summed E-state index contributed by atoms with van der Waals surface area (Å²) in [5, 5.41) is 7.58. The molecule has 0 radical (unpaired) electrons. The largest absolute Gasteiger partial charge is 0.460 e. The molecule has 0 aliphatic carbocycles. The van der Waals surface area contributed by atoms with Gasteiger partial charge in [-0.25, -0.2) is 9.59 Å². The molecule has 0 aromatic rings. The maximum atomic E-state index is 11.8. The van der Waals surface area contributed by atoms with Gasteiger partial charge in [0.25, 0.3) is 0 Å². The highest BCUT2D eigenvalue weighted by atomic mass is 16.6. The van der Waals surface area contributed by atoms with E-state index in [9.17, 15) is 9.59 Å². The topological polar surface area (TPSA) is 101 Å². The van der Waals surface area contributed by atoms with Gasteiger partial charge >= 0.3 is 11.9 Å². The minimum absolute atomic E-state index is 0.0127. The Labute approximate surface area is 116 Å². The zero-order valence-electron chi connectivity index (χ0n) is 11.5. The third kappa shape index (κ3) is 2.89. The molecule has 2 aliphatic heterocycles. The molecule has 2 atom stereocenters. The molecule has 0 aromatic heterocycles. The van der Waals surface area contributed by atoms with Gasteiger partial charge in [-0.3, -0.25) is 10.9 Å². The zero-order valence-corrected chi connectivity index (χ0v) is 11.5. The first-order chi connectivity index (χ1) is 9.46. The van der Waals surface area contributed by atoms with Crippen LogP contribution in [-0.2, 0) is 19.1 Å². The van der Waals surface area contributed by atoms with Crippen molar-refractivity contribution in [3.05, 3.63) is 0 Å². The number of carbonyl (C=O) groups is 2. The summed E-state index contributed by atoms with van der Waals surface area (Å²) in [5.74, 6) is -0.834. The van der Waals surface area contributed by atoms with E-state index in [0.29, 0.717) is 12.8 Å². The molecule has 0 bridgehead atoms. The predicted molar refractivity (Wildman–Crippen MR) is 71.2 cm³/mol. The Morgan fingerprint density at radius 1 is 1.00 bits per heavy atom. The average Bonchev–Trinajstić information content (AvgIpc) is 3.05. The van der Waals surface area contributed by atoms with Crippen molar-refractivity contribution < 1.29 is 19.1 Å². The highest BCUT2D eigenvalue weighted by molar-refractivity contribution is 5.86. The lowest BCUT2D eigenvalue weighted by molar-refractivity contribution is -0.159. The number of carbonyl (C=O) groups excluding carboxylic acids is 2. The Kier molecular flexibility index (Phi) is 3.91. The van der Waals surface area contributed by atoms with Crippen molar-refractivity contribution in [1.29, 1.82) is 0 Å². The van der Waals surface area contributed by atoms with Gasteiger partial charge in [0.05, 0.1) is 0 Å². The second kappa shape index (κ2) is 5.48. The summed E-state index contributed by atoms with van der Waals surface area (Å²) in [6.07, 6.45) is 4.19. The average molecular weight is 282 g/mol. The van der Waals surface area contributed by atoms with E-state index in [1.807, 2.05) is 0 Å². The third-order valence-corrected chi connectivity index (χ3v) is 3.25. The molecule has 0 saturated heterocycles. The Hall–Kier alpha value is -2.12. The van der Waals surface area contributed by atoms with Gasteiger partial charge in [0, 0.05) is 25.3 Å². The fourth-order valence-electron chi connectivity index (χ4n) is 1.77. The summed E-state index contributed by atoms with van der Waals surface area (Å²) >= 11 is 0. The fraction of sp³-hybridized carbons (Fsp3) is 0.667. The van der Waals surface area contributed by atoms with Crippen LogP contribution in [0, 0.1) is 0 Å². The van der Waals surface area contributed by atoms with Gasteiger partial charge in [0.1, 0.15) is 13.2 Å². The first-order valence-corrected chi connectivity index (χ1v) is 6.38. The molecule has 2 rings (SSSR count). The minimum Gasteiger partial charge on any atom is -0.460 e. The molecule has 8 heteroatoms. The summed E-state index contributed by atoms with van der Waals surface area (Å²) in [6.45, 7) is 3.43. The number of ether oxygens (including phenoxy) is 2. The van der Waals surface area contributed by atoms with Crippen LogP contribution in [0.5, 0.6) is 0 Å². The molecule has 110 valence electrons. The number of hydrogen-bond donors (Lipinski definition) is 2. The maximum Gasteiger partial charge on any atom is 0.333 e. The summed E-state index contributed by atoms with van der Waals surface area (Å²) in [5.41, 5.74) is 3.74. The van der Waals surface area contributed by atoms with Crippen LogP contribution in [0.25, 0.3) is 0 Å². The number of nitrogens with one attached hydrogen (secondary N) is 2. The van der Waals surface area contributed by atoms with E-state index in [2.05, 4.69) is 21.1 Å². The maximum absolute atomic E-state index is 11.8. The standard InChI is InChI=1S/C12H18N4O4/c1-11(3-5-13-15-11)9(17)19-7-8-20-10(18)12(2)4-6-14-16-12/h5-6,15-16H,3-4,7-8H2,1-2H3. The van der Waals surface area contributed by atoms with E-state index in [1.54, 1.807) is 26.3 Å². The third-order valence-electron chi connectivity index (χ3n) is 3.25. The molecule has 8 nitrogen and oxygen atoms in total. The van der Waals surface area contributed by atoms with Crippen LogP contribution in [0.4, 0.5) is 0 Å². The molecule has 0 amide bonds. The number of nitrogens with zero attached hydrogens (tertiary/aromatic N) is 2. The molecule has 2 N–H and O–H groups in total. The first kappa shape index (κ1) is 14.3. The molecule has 2 unspecified atom stereocenters. The quantitative estimate of drug-likeness (QED) is 0.523. The summed E-state index contributed by atoms with van der Waals surface area (Å²) in [7, 11) is 0. The number of rotatable bonds is 5. The lowest BCUT2D eigenvalue weighted by atomic mass is 10.0. The first-order valence-electron chi connectivity index (χ1n) is 6.38. The second-order valence-electron chi connectivity index (χ2n) is 5.19. The molecular formula is C12H18N4O4. The Balaban J connectivity index is 1.66. The number of esters is 2. The Morgan fingerprint density at radius 2 is 1.40 bits per heavy atom. The molecule has 0 fully saturated rings. The van der Waals surface area contributed by atoms with Crippen molar-refractivity contribution in [1.82, 2.24) is 10.9 Å². The highest BCUT2D eigenvalue weighted by Crippen LogP contribution is 2.16. The van der Waals surface area contributed by atoms with Crippen LogP contribution in [0.2, 0.25) is 0 Å². The lowest BCUT2D eigenvalue weighted by Gasteiger charge is -2.22. The smallest absolute Gasteiger partial charge is 0.333 e. The van der Waals surface area contributed by atoms with E-state index in [0.717, 1.165) is 0 Å². The normalized spacial score (nSPS) is 30.7. The van der Waals surface area contributed by atoms with Gasteiger partial charge in [-0.05, 0) is 13.8 Å². The van der Waals surface area contributed by atoms with E-state index in [-0.39, 0.29) is 13.2 Å². The fourth-order valence-corrected chi connectivity index (χ4v) is 1.77. The van der Waals surface area contributed by atoms with Gasteiger partial charge in [0.2, 0.25) is 0 Å². The van der Waals surface area contributed by atoms with E-state index < -0.39 is 23.0 Å². The Morgan fingerprint density at radius 3 is 1.70 bits per heavy atom. The van der Waals surface area contributed by atoms with Crippen LogP contribution in [-0.4, -0.2) is 48.7 Å².